The van der Waals surface area contributed by atoms with Crippen LogP contribution in [0.3, 0.4) is 0 Å². The fraction of sp³-hybridized carbons (Fsp3) is 0.571. The van der Waals surface area contributed by atoms with Crippen LogP contribution in [-0.4, -0.2) is 49.0 Å². The van der Waals surface area contributed by atoms with Crippen molar-refractivity contribution in [3.8, 4) is 0 Å². The average molecular weight is 264 g/mol. The van der Waals surface area contributed by atoms with Crippen LogP contribution in [0.15, 0.2) is 18.2 Å². The van der Waals surface area contributed by atoms with E-state index in [1.54, 1.807) is 0 Å². The highest BCUT2D eigenvalue weighted by molar-refractivity contribution is 5.81. The number of nitrogens with one attached hydrogen (secondary N) is 1. The number of likely N-dealkylation sites (N-methyl/N-ethyl adjacent to an activating group) is 2. The summed E-state index contributed by atoms with van der Waals surface area (Å²) >= 11 is 0. The number of anilines is 2. The second-order valence-corrected chi connectivity index (χ2v) is 4.33. The van der Waals surface area contributed by atoms with Crippen LogP contribution >= 0.6 is 0 Å². The molecular weight excluding hydrogens is 240 g/mol. The van der Waals surface area contributed by atoms with E-state index in [9.17, 15) is 4.79 Å². The zero-order chi connectivity index (χ0) is 14.3. The summed E-state index contributed by atoms with van der Waals surface area (Å²) < 4.78 is 0. The Morgan fingerprint density at radius 1 is 1.26 bits per heavy atom. The normalized spacial score (nSPS) is 10.1. The van der Waals surface area contributed by atoms with E-state index in [2.05, 4.69) is 10.3 Å². The Morgan fingerprint density at radius 2 is 1.95 bits per heavy atom. The van der Waals surface area contributed by atoms with Crippen LogP contribution in [0, 0.1) is 0 Å². The topological polar surface area (TPSA) is 48.5 Å². The van der Waals surface area contributed by atoms with Crippen molar-refractivity contribution in [2.75, 3.05) is 43.4 Å². The Hall–Kier alpha value is -1.78. The van der Waals surface area contributed by atoms with Crippen molar-refractivity contribution in [2.24, 2.45) is 0 Å². The van der Waals surface area contributed by atoms with Gasteiger partial charge in [-0.15, -0.1) is 0 Å². The molecule has 0 aliphatic heterocycles. The molecular formula is C14H24N4O. The number of carbonyl (C=O) groups excluding carboxylic acids is 1. The second-order valence-electron chi connectivity index (χ2n) is 4.33. The molecule has 0 aromatic carbocycles. The Morgan fingerprint density at radius 3 is 2.53 bits per heavy atom. The van der Waals surface area contributed by atoms with Crippen molar-refractivity contribution in [3.63, 3.8) is 0 Å². The first-order chi connectivity index (χ1) is 9.12. The highest BCUT2D eigenvalue weighted by atomic mass is 16.2. The highest BCUT2D eigenvalue weighted by Crippen LogP contribution is 2.12. The molecule has 0 aliphatic carbocycles. The van der Waals surface area contributed by atoms with Crippen molar-refractivity contribution >= 4 is 17.5 Å². The lowest BCUT2D eigenvalue weighted by Crippen LogP contribution is -2.39. The molecule has 0 atom stereocenters. The summed E-state index contributed by atoms with van der Waals surface area (Å²) in [6.07, 6.45) is 0. The van der Waals surface area contributed by atoms with Crippen molar-refractivity contribution < 1.29 is 4.79 Å². The van der Waals surface area contributed by atoms with Gasteiger partial charge in [0, 0.05) is 26.7 Å². The number of rotatable bonds is 7. The number of amides is 1. The van der Waals surface area contributed by atoms with E-state index in [0.29, 0.717) is 6.54 Å². The monoisotopic (exact) mass is 264 g/mol. The van der Waals surface area contributed by atoms with E-state index in [4.69, 9.17) is 0 Å². The Balaban J connectivity index is 2.69. The molecule has 19 heavy (non-hydrogen) atoms. The molecule has 5 heteroatoms. The number of carbonyl (C=O) groups is 1. The summed E-state index contributed by atoms with van der Waals surface area (Å²) in [6.45, 7) is 8.68. The van der Waals surface area contributed by atoms with Crippen LogP contribution in [0.4, 0.5) is 11.6 Å². The van der Waals surface area contributed by atoms with E-state index in [0.717, 1.165) is 31.3 Å². The van der Waals surface area contributed by atoms with Gasteiger partial charge in [0.05, 0.1) is 6.54 Å². The lowest BCUT2D eigenvalue weighted by atomic mass is 10.3. The number of pyridine rings is 1. The van der Waals surface area contributed by atoms with Gasteiger partial charge in [0.25, 0.3) is 0 Å². The van der Waals surface area contributed by atoms with Gasteiger partial charge in [-0.05, 0) is 32.9 Å². The van der Waals surface area contributed by atoms with Crippen LogP contribution in [0.5, 0.6) is 0 Å². The Bertz CT molecular complexity index is 404. The van der Waals surface area contributed by atoms with Crippen molar-refractivity contribution in [3.05, 3.63) is 18.2 Å². The van der Waals surface area contributed by atoms with Gasteiger partial charge >= 0.3 is 0 Å². The third kappa shape index (κ3) is 4.43. The van der Waals surface area contributed by atoms with E-state index >= 15 is 0 Å². The number of nitrogens with zero attached hydrogens (tertiary/aromatic N) is 3. The molecule has 1 aromatic rings. The zero-order valence-electron chi connectivity index (χ0n) is 12.3. The fourth-order valence-electron chi connectivity index (χ4n) is 1.88. The van der Waals surface area contributed by atoms with Crippen molar-refractivity contribution in [2.45, 2.75) is 20.8 Å². The molecule has 0 spiro atoms. The van der Waals surface area contributed by atoms with Crippen LogP contribution in [0.25, 0.3) is 0 Å². The van der Waals surface area contributed by atoms with Gasteiger partial charge in [-0.2, -0.15) is 0 Å². The molecule has 1 heterocycles. The molecule has 1 N–H and O–H groups in total. The average Bonchev–Trinajstić information content (AvgIpc) is 2.40. The molecule has 106 valence electrons. The summed E-state index contributed by atoms with van der Waals surface area (Å²) in [5.74, 6) is 1.77. The van der Waals surface area contributed by atoms with E-state index < -0.39 is 0 Å². The summed E-state index contributed by atoms with van der Waals surface area (Å²) in [5.41, 5.74) is 0. The third-order valence-electron chi connectivity index (χ3n) is 2.97. The first-order valence-electron chi connectivity index (χ1n) is 6.82. The quantitative estimate of drug-likeness (QED) is 0.816. The molecule has 1 rings (SSSR count). The molecule has 0 fully saturated rings. The van der Waals surface area contributed by atoms with E-state index in [-0.39, 0.29) is 5.91 Å². The first-order valence-corrected chi connectivity index (χ1v) is 6.82. The maximum Gasteiger partial charge on any atom is 0.242 e. The van der Waals surface area contributed by atoms with E-state index in [1.165, 1.54) is 0 Å². The van der Waals surface area contributed by atoms with Crippen molar-refractivity contribution in [1.82, 2.24) is 9.88 Å². The maximum absolute atomic E-state index is 12.0. The predicted octanol–water partition coefficient (Wildman–Crippen LogP) is 1.82. The lowest BCUT2D eigenvalue weighted by Gasteiger charge is -2.24. The number of hydrogen-bond donors (Lipinski definition) is 1. The minimum Gasteiger partial charge on any atom is -0.370 e. The van der Waals surface area contributed by atoms with Crippen molar-refractivity contribution in [1.29, 1.82) is 0 Å². The largest absolute Gasteiger partial charge is 0.370 e. The fourth-order valence-corrected chi connectivity index (χ4v) is 1.88. The number of aromatic nitrogens is 1. The number of hydrogen-bond acceptors (Lipinski definition) is 4. The van der Waals surface area contributed by atoms with Crippen LogP contribution in [0.2, 0.25) is 0 Å². The molecule has 0 saturated heterocycles. The summed E-state index contributed by atoms with van der Waals surface area (Å²) in [4.78, 5) is 20.2. The van der Waals surface area contributed by atoms with Gasteiger partial charge in [0.1, 0.15) is 11.6 Å². The smallest absolute Gasteiger partial charge is 0.242 e. The Labute approximate surface area is 115 Å². The van der Waals surface area contributed by atoms with Gasteiger partial charge in [-0.3, -0.25) is 4.79 Å². The van der Waals surface area contributed by atoms with Crippen LogP contribution < -0.4 is 10.2 Å². The lowest BCUT2D eigenvalue weighted by molar-refractivity contribution is -0.129. The van der Waals surface area contributed by atoms with Crippen LogP contribution in [-0.2, 0) is 4.79 Å². The zero-order valence-corrected chi connectivity index (χ0v) is 12.3. The van der Waals surface area contributed by atoms with Gasteiger partial charge in [-0.25, -0.2) is 4.98 Å². The van der Waals surface area contributed by atoms with E-state index in [1.807, 2.05) is 55.8 Å². The van der Waals surface area contributed by atoms with Gasteiger partial charge in [0.2, 0.25) is 5.91 Å². The minimum absolute atomic E-state index is 0.128. The minimum atomic E-state index is 0.128. The van der Waals surface area contributed by atoms with Gasteiger partial charge in [0.15, 0.2) is 0 Å². The molecule has 0 radical (unpaired) electrons. The molecule has 0 bridgehead atoms. The predicted molar refractivity (Wildman–Crippen MR) is 79.6 cm³/mol. The summed E-state index contributed by atoms with van der Waals surface area (Å²) in [6, 6.07) is 5.78. The molecule has 0 unspecified atom stereocenters. The summed E-state index contributed by atoms with van der Waals surface area (Å²) in [5, 5.41) is 3.17. The SMILES string of the molecule is CCNc1cccc(N(C)CC(=O)N(CC)CC)n1. The molecule has 0 saturated carbocycles. The third-order valence-corrected chi connectivity index (χ3v) is 2.97. The maximum atomic E-state index is 12.0. The van der Waals surface area contributed by atoms with Gasteiger partial charge < -0.3 is 15.1 Å². The highest BCUT2D eigenvalue weighted by Gasteiger charge is 2.13. The first kappa shape index (κ1) is 15.3. The second kappa shape index (κ2) is 7.61. The standard InChI is InChI=1S/C14H24N4O/c1-5-15-12-9-8-10-13(16-12)17(4)11-14(19)18(6-2)7-3/h8-10H,5-7,11H2,1-4H3,(H,15,16). The molecule has 1 aromatic heterocycles. The van der Waals surface area contributed by atoms with Crippen LogP contribution in [0.1, 0.15) is 20.8 Å². The molecule has 5 nitrogen and oxygen atoms in total. The Kier molecular flexibility index (Phi) is 6.12. The summed E-state index contributed by atoms with van der Waals surface area (Å²) in [7, 11) is 1.89. The molecule has 0 aliphatic rings. The molecule has 1 amide bonds. The van der Waals surface area contributed by atoms with Gasteiger partial charge in [-0.1, -0.05) is 6.07 Å².